The summed E-state index contributed by atoms with van der Waals surface area (Å²) in [5.74, 6) is 1.84. The first-order valence-corrected chi connectivity index (χ1v) is 5.55. The van der Waals surface area contributed by atoms with Crippen molar-refractivity contribution in [1.82, 2.24) is 5.32 Å². The lowest BCUT2D eigenvalue weighted by atomic mass is 10.0. The molecular formula is C12H15NO2. The molecule has 0 amide bonds. The largest absolute Gasteiger partial charge is 0.490 e. The summed E-state index contributed by atoms with van der Waals surface area (Å²) in [5, 5.41) is 3.37. The van der Waals surface area contributed by atoms with Crippen molar-refractivity contribution in [2.24, 2.45) is 0 Å². The van der Waals surface area contributed by atoms with Crippen LogP contribution in [0.3, 0.4) is 0 Å². The van der Waals surface area contributed by atoms with E-state index < -0.39 is 0 Å². The van der Waals surface area contributed by atoms with Gasteiger partial charge in [-0.25, -0.2) is 0 Å². The Balaban J connectivity index is 2.02. The van der Waals surface area contributed by atoms with E-state index >= 15 is 0 Å². The maximum absolute atomic E-state index is 5.67. The van der Waals surface area contributed by atoms with E-state index in [1.54, 1.807) is 0 Å². The van der Waals surface area contributed by atoms with Gasteiger partial charge in [0.15, 0.2) is 11.5 Å². The van der Waals surface area contributed by atoms with Crippen molar-refractivity contribution in [3.8, 4) is 11.5 Å². The van der Waals surface area contributed by atoms with Gasteiger partial charge in [-0.2, -0.15) is 0 Å². The summed E-state index contributed by atoms with van der Waals surface area (Å²) in [6, 6.07) is 4.28. The van der Waals surface area contributed by atoms with E-state index in [1.165, 1.54) is 11.1 Å². The number of rotatable bonds is 0. The average molecular weight is 205 g/mol. The van der Waals surface area contributed by atoms with Gasteiger partial charge < -0.3 is 14.8 Å². The first kappa shape index (κ1) is 9.04. The van der Waals surface area contributed by atoms with Crippen LogP contribution in [0.2, 0.25) is 0 Å². The van der Waals surface area contributed by atoms with Crippen molar-refractivity contribution in [2.45, 2.75) is 19.4 Å². The molecule has 15 heavy (non-hydrogen) atoms. The Morgan fingerprint density at radius 1 is 1.00 bits per heavy atom. The van der Waals surface area contributed by atoms with Crippen LogP contribution in [-0.2, 0) is 13.0 Å². The fourth-order valence-corrected chi connectivity index (χ4v) is 2.14. The van der Waals surface area contributed by atoms with E-state index in [4.69, 9.17) is 9.47 Å². The van der Waals surface area contributed by atoms with Crippen LogP contribution in [0, 0.1) is 0 Å². The predicted octanol–water partition coefficient (Wildman–Crippen LogP) is 1.49. The summed E-state index contributed by atoms with van der Waals surface area (Å²) in [6.45, 7) is 3.54. The SMILES string of the molecule is c1c2c(cc3c1OCCCO3)CNCC2. The molecule has 2 aliphatic heterocycles. The van der Waals surface area contributed by atoms with E-state index in [9.17, 15) is 0 Å². The first-order valence-electron chi connectivity index (χ1n) is 5.55. The van der Waals surface area contributed by atoms with E-state index in [0.29, 0.717) is 0 Å². The molecule has 0 saturated carbocycles. The summed E-state index contributed by atoms with van der Waals surface area (Å²) in [6.07, 6.45) is 2.06. The summed E-state index contributed by atoms with van der Waals surface area (Å²) in [7, 11) is 0. The van der Waals surface area contributed by atoms with Gasteiger partial charge in [0.1, 0.15) is 0 Å². The molecule has 0 fully saturated rings. The molecule has 0 radical (unpaired) electrons. The third-order valence-electron chi connectivity index (χ3n) is 2.96. The monoisotopic (exact) mass is 205 g/mol. The number of hydrogen-bond acceptors (Lipinski definition) is 3. The highest BCUT2D eigenvalue weighted by molar-refractivity contribution is 5.48. The second-order valence-corrected chi connectivity index (χ2v) is 4.04. The lowest BCUT2D eigenvalue weighted by Crippen LogP contribution is -2.23. The normalized spacial score (nSPS) is 19.2. The van der Waals surface area contributed by atoms with Crippen molar-refractivity contribution in [3.05, 3.63) is 23.3 Å². The quantitative estimate of drug-likeness (QED) is 0.696. The smallest absolute Gasteiger partial charge is 0.161 e. The van der Waals surface area contributed by atoms with Crippen molar-refractivity contribution < 1.29 is 9.47 Å². The average Bonchev–Trinajstić information content (AvgIpc) is 2.50. The van der Waals surface area contributed by atoms with Gasteiger partial charge in [0.25, 0.3) is 0 Å². The zero-order valence-corrected chi connectivity index (χ0v) is 8.71. The molecule has 2 heterocycles. The lowest BCUT2D eigenvalue weighted by Gasteiger charge is -2.19. The Bertz CT molecular complexity index is 341. The van der Waals surface area contributed by atoms with Gasteiger partial charge in [0.2, 0.25) is 0 Å². The summed E-state index contributed by atoms with van der Waals surface area (Å²) in [5.41, 5.74) is 2.75. The van der Waals surface area contributed by atoms with Crippen molar-refractivity contribution in [2.75, 3.05) is 19.8 Å². The number of nitrogens with one attached hydrogen (secondary N) is 1. The van der Waals surface area contributed by atoms with Crippen LogP contribution in [0.4, 0.5) is 0 Å². The zero-order chi connectivity index (χ0) is 10.1. The number of hydrogen-bond donors (Lipinski definition) is 1. The predicted molar refractivity (Wildman–Crippen MR) is 57.5 cm³/mol. The van der Waals surface area contributed by atoms with Crippen LogP contribution >= 0.6 is 0 Å². The highest BCUT2D eigenvalue weighted by Crippen LogP contribution is 2.33. The maximum Gasteiger partial charge on any atom is 0.161 e. The number of ether oxygens (including phenoxy) is 2. The fraction of sp³-hybridized carbons (Fsp3) is 0.500. The van der Waals surface area contributed by atoms with E-state index in [1.807, 2.05) is 0 Å². The first-order chi connectivity index (χ1) is 7.43. The van der Waals surface area contributed by atoms with E-state index in [-0.39, 0.29) is 0 Å². The molecule has 0 aromatic heterocycles. The van der Waals surface area contributed by atoms with E-state index in [2.05, 4.69) is 17.4 Å². The Labute approximate surface area is 89.4 Å². The van der Waals surface area contributed by atoms with Crippen LogP contribution in [0.5, 0.6) is 11.5 Å². The molecule has 1 aromatic carbocycles. The molecular weight excluding hydrogens is 190 g/mol. The standard InChI is InChI=1S/C12H15NO2/c1-4-14-11-6-9-2-3-13-8-10(9)7-12(11)15-5-1/h6-7,13H,1-5,8H2. The van der Waals surface area contributed by atoms with Crippen LogP contribution in [0.1, 0.15) is 17.5 Å². The van der Waals surface area contributed by atoms with Gasteiger partial charge in [-0.1, -0.05) is 0 Å². The van der Waals surface area contributed by atoms with Crippen LogP contribution in [-0.4, -0.2) is 19.8 Å². The molecule has 0 atom stereocenters. The van der Waals surface area contributed by atoms with Crippen LogP contribution in [0.15, 0.2) is 12.1 Å². The third kappa shape index (κ3) is 1.67. The molecule has 0 spiro atoms. The molecule has 0 aliphatic carbocycles. The zero-order valence-electron chi connectivity index (χ0n) is 8.71. The summed E-state index contributed by atoms with van der Waals surface area (Å²) >= 11 is 0. The van der Waals surface area contributed by atoms with Gasteiger partial charge in [0, 0.05) is 13.0 Å². The van der Waals surface area contributed by atoms with Gasteiger partial charge in [0.05, 0.1) is 13.2 Å². The summed E-state index contributed by atoms with van der Waals surface area (Å²) in [4.78, 5) is 0. The minimum absolute atomic E-state index is 0.763. The Kier molecular flexibility index (Phi) is 2.25. The second-order valence-electron chi connectivity index (χ2n) is 4.04. The van der Waals surface area contributed by atoms with Gasteiger partial charge in [-0.05, 0) is 36.2 Å². The van der Waals surface area contributed by atoms with Crippen LogP contribution in [0.25, 0.3) is 0 Å². The Hall–Kier alpha value is -1.22. The summed E-state index contributed by atoms with van der Waals surface area (Å²) < 4.78 is 11.3. The van der Waals surface area contributed by atoms with Crippen molar-refractivity contribution >= 4 is 0 Å². The highest BCUT2D eigenvalue weighted by Gasteiger charge is 2.16. The molecule has 1 N–H and O–H groups in total. The fourth-order valence-electron chi connectivity index (χ4n) is 2.14. The molecule has 1 aromatic rings. The van der Waals surface area contributed by atoms with Crippen LogP contribution < -0.4 is 14.8 Å². The molecule has 0 saturated heterocycles. The molecule has 0 bridgehead atoms. The maximum atomic E-state index is 5.67. The van der Waals surface area contributed by atoms with Gasteiger partial charge in [-0.3, -0.25) is 0 Å². The molecule has 80 valence electrons. The lowest BCUT2D eigenvalue weighted by molar-refractivity contribution is 0.297. The third-order valence-corrected chi connectivity index (χ3v) is 2.96. The number of fused-ring (bicyclic) bond motifs is 2. The minimum atomic E-state index is 0.763. The number of benzene rings is 1. The molecule has 3 nitrogen and oxygen atoms in total. The molecule has 3 heteroatoms. The molecule has 0 unspecified atom stereocenters. The van der Waals surface area contributed by atoms with Gasteiger partial charge in [-0.15, -0.1) is 0 Å². The van der Waals surface area contributed by atoms with Crippen molar-refractivity contribution in [1.29, 1.82) is 0 Å². The Morgan fingerprint density at radius 3 is 2.53 bits per heavy atom. The molecule has 2 aliphatic rings. The topological polar surface area (TPSA) is 30.5 Å². The highest BCUT2D eigenvalue weighted by atomic mass is 16.5. The second kappa shape index (κ2) is 3.74. The van der Waals surface area contributed by atoms with Crippen molar-refractivity contribution in [3.63, 3.8) is 0 Å². The molecule has 3 rings (SSSR count). The minimum Gasteiger partial charge on any atom is -0.490 e. The van der Waals surface area contributed by atoms with E-state index in [0.717, 1.165) is 50.6 Å². The van der Waals surface area contributed by atoms with Gasteiger partial charge >= 0.3 is 0 Å². The Morgan fingerprint density at radius 2 is 1.73 bits per heavy atom.